The van der Waals surface area contributed by atoms with Gasteiger partial charge in [-0.25, -0.2) is 4.39 Å². The van der Waals surface area contributed by atoms with Crippen molar-refractivity contribution in [2.24, 2.45) is 0 Å². The predicted molar refractivity (Wildman–Crippen MR) is 90.7 cm³/mol. The van der Waals surface area contributed by atoms with Gasteiger partial charge in [-0.3, -0.25) is 9.97 Å². The lowest BCUT2D eigenvalue weighted by molar-refractivity contribution is 0.357. The van der Waals surface area contributed by atoms with Crippen LogP contribution in [0.5, 0.6) is 0 Å². The molecule has 1 aliphatic heterocycles. The molecule has 1 fully saturated rings. The minimum atomic E-state index is -0.852. The number of aromatic nitrogens is 4. The maximum Gasteiger partial charge on any atom is 0.151 e. The molecule has 0 unspecified atom stereocenters. The lowest BCUT2D eigenvalue weighted by Gasteiger charge is -2.25. The summed E-state index contributed by atoms with van der Waals surface area (Å²) in [5.41, 5.74) is 1.84. The molecule has 0 aliphatic carbocycles. The van der Waals surface area contributed by atoms with Crippen LogP contribution in [0.3, 0.4) is 0 Å². The van der Waals surface area contributed by atoms with E-state index in [9.17, 15) is 4.39 Å². The van der Waals surface area contributed by atoms with Crippen LogP contribution in [0.15, 0.2) is 49.1 Å². The molecule has 4 heterocycles. The zero-order valence-corrected chi connectivity index (χ0v) is 13.0. The van der Waals surface area contributed by atoms with Gasteiger partial charge >= 0.3 is 0 Å². The van der Waals surface area contributed by atoms with E-state index in [1.54, 1.807) is 24.8 Å². The van der Waals surface area contributed by atoms with Crippen molar-refractivity contribution in [2.75, 3.05) is 23.3 Å². The Bertz CT molecular complexity index is 822. The van der Waals surface area contributed by atoms with Crippen molar-refractivity contribution < 1.29 is 4.39 Å². The molecule has 1 saturated heterocycles. The standard InChI is InChI=1S/C17H17FN6/c18-12-8-13(24(11-12)17-2-1-5-22-23-17)9-21-16-4-7-20-15-3-6-19-10-14(15)16/h1-7,10,12-13H,8-9,11H2,(H,20,21)/t12-,13-/m0/s1. The summed E-state index contributed by atoms with van der Waals surface area (Å²) in [6, 6.07) is 7.50. The molecule has 0 radical (unpaired) electrons. The molecule has 122 valence electrons. The number of fused-ring (bicyclic) bond motifs is 1. The number of alkyl halides is 1. The number of rotatable bonds is 4. The van der Waals surface area contributed by atoms with Crippen LogP contribution in [0.1, 0.15) is 6.42 Å². The van der Waals surface area contributed by atoms with E-state index >= 15 is 0 Å². The molecule has 0 spiro atoms. The van der Waals surface area contributed by atoms with Gasteiger partial charge in [0.15, 0.2) is 5.82 Å². The molecule has 4 rings (SSSR count). The first kappa shape index (κ1) is 14.7. The molecule has 7 heteroatoms. The summed E-state index contributed by atoms with van der Waals surface area (Å²) in [4.78, 5) is 10.5. The van der Waals surface area contributed by atoms with Crippen LogP contribution in [-0.2, 0) is 0 Å². The summed E-state index contributed by atoms with van der Waals surface area (Å²) in [6.07, 6.45) is 6.52. The molecule has 24 heavy (non-hydrogen) atoms. The SMILES string of the molecule is F[C@H]1C[C@@H](CNc2ccnc3ccncc23)N(c2cccnn2)C1. The van der Waals surface area contributed by atoms with Crippen LogP contribution in [0.4, 0.5) is 15.9 Å². The summed E-state index contributed by atoms with van der Waals surface area (Å²) >= 11 is 0. The van der Waals surface area contributed by atoms with Gasteiger partial charge in [0.2, 0.25) is 0 Å². The normalized spacial score (nSPS) is 20.5. The monoisotopic (exact) mass is 324 g/mol. The largest absolute Gasteiger partial charge is 0.382 e. The van der Waals surface area contributed by atoms with Gasteiger partial charge in [-0.05, 0) is 24.3 Å². The van der Waals surface area contributed by atoms with E-state index in [0.29, 0.717) is 25.3 Å². The van der Waals surface area contributed by atoms with Crippen LogP contribution < -0.4 is 10.2 Å². The topological polar surface area (TPSA) is 66.8 Å². The summed E-state index contributed by atoms with van der Waals surface area (Å²) in [5, 5.41) is 12.4. The summed E-state index contributed by atoms with van der Waals surface area (Å²) in [5.74, 6) is 0.714. The van der Waals surface area contributed by atoms with E-state index in [4.69, 9.17) is 0 Å². The van der Waals surface area contributed by atoms with Gasteiger partial charge in [-0.1, -0.05) is 0 Å². The first-order chi connectivity index (χ1) is 11.8. The van der Waals surface area contributed by atoms with Crippen LogP contribution >= 0.6 is 0 Å². The van der Waals surface area contributed by atoms with Crippen molar-refractivity contribution in [3.63, 3.8) is 0 Å². The average molecular weight is 324 g/mol. The maximum atomic E-state index is 14.0. The quantitative estimate of drug-likeness (QED) is 0.795. The molecular weight excluding hydrogens is 307 g/mol. The van der Waals surface area contributed by atoms with Crippen LogP contribution in [0.2, 0.25) is 0 Å². The summed E-state index contributed by atoms with van der Waals surface area (Å²) < 4.78 is 14.0. The third-order valence-corrected chi connectivity index (χ3v) is 4.29. The van der Waals surface area contributed by atoms with Gasteiger partial charge in [0, 0.05) is 48.8 Å². The fraction of sp³-hybridized carbons (Fsp3) is 0.294. The van der Waals surface area contributed by atoms with E-state index in [-0.39, 0.29) is 6.04 Å². The Morgan fingerprint density at radius 2 is 2.17 bits per heavy atom. The van der Waals surface area contributed by atoms with Crippen LogP contribution in [-0.4, -0.2) is 45.5 Å². The maximum absolute atomic E-state index is 14.0. The van der Waals surface area contributed by atoms with Gasteiger partial charge < -0.3 is 10.2 Å². The zero-order chi connectivity index (χ0) is 16.4. The number of hydrogen-bond acceptors (Lipinski definition) is 6. The lowest BCUT2D eigenvalue weighted by Crippen LogP contribution is -2.35. The molecular formula is C17H17FN6. The van der Waals surface area contributed by atoms with E-state index in [2.05, 4.69) is 25.5 Å². The second-order valence-corrected chi connectivity index (χ2v) is 5.85. The Morgan fingerprint density at radius 1 is 1.21 bits per heavy atom. The molecule has 3 aromatic heterocycles. The van der Waals surface area contributed by atoms with Gasteiger partial charge in [-0.15, -0.1) is 5.10 Å². The van der Waals surface area contributed by atoms with Crippen molar-refractivity contribution in [1.82, 2.24) is 20.2 Å². The van der Waals surface area contributed by atoms with Crippen LogP contribution in [0.25, 0.3) is 10.9 Å². The molecule has 1 aliphatic rings. The third kappa shape index (κ3) is 2.84. The minimum Gasteiger partial charge on any atom is -0.382 e. The molecule has 0 amide bonds. The Hall–Kier alpha value is -2.83. The fourth-order valence-corrected chi connectivity index (χ4v) is 3.15. The van der Waals surface area contributed by atoms with Gasteiger partial charge in [-0.2, -0.15) is 5.10 Å². The van der Waals surface area contributed by atoms with Gasteiger partial charge in [0.05, 0.1) is 18.1 Å². The number of hydrogen-bond donors (Lipinski definition) is 1. The van der Waals surface area contributed by atoms with Gasteiger partial charge in [0.1, 0.15) is 6.17 Å². The van der Waals surface area contributed by atoms with Gasteiger partial charge in [0.25, 0.3) is 0 Å². The Kier molecular flexibility index (Phi) is 3.90. The zero-order valence-electron chi connectivity index (χ0n) is 13.0. The highest BCUT2D eigenvalue weighted by molar-refractivity contribution is 5.90. The first-order valence-corrected chi connectivity index (χ1v) is 7.92. The first-order valence-electron chi connectivity index (χ1n) is 7.92. The van der Waals surface area contributed by atoms with Crippen molar-refractivity contribution in [3.05, 3.63) is 49.1 Å². The number of anilines is 2. The number of nitrogens with zero attached hydrogens (tertiary/aromatic N) is 5. The highest BCUT2D eigenvalue weighted by atomic mass is 19.1. The minimum absolute atomic E-state index is 0.0246. The van der Waals surface area contributed by atoms with Crippen LogP contribution in [0, 0.1) is 0 Å². The molecule has 6 nitrogen and oxygen atoms in total. The Morgan fingerprint density at radius 3 is 3.04 bits per heavy atom. The van der Waals surface area contributed by atoms with E-state index in [1.807, 2.05) is 29.2 Å². The van der Waals surface area contributed by atoms with Crippen molar-refractivity contribution >= 4 is 22.4 Å². The summed E-state index contributed by atoms with van der Waals surface area (Å²) in [7, 11) is 0. The predicted octanol–water partition coefficient (Wildman–Crippen LogP) is 2.45. The van der Waals surface area contributed by atoms with Crippen molar-refractivity contribution in [1.29, 1.82) is 0 Å². The third-order valence-electron chi connectivity index (χ3n) is 4.29. The highest BCUT2D eigenvalue weighted by Crippen LogP contribution is 2.26. The van der Waals surface area contributed by atoms with E-state index < -0.39 is 6.17 Å². The summed E-state index contributed by atoms with van der Waals surface area (Å²) in [6.45, 7) is 0.967. The average Bonchev–Trinajstić information content (AvgIpc) is 3.01. The Balaban J connectivity index is 1.54. The van der Waals surface area contributed by atoms with Crippen molar-refractivity contribution in [2.45, 2.75) is 18.6 Å². The van der Waals surface area contributed by atoms with E-state index in [0.717, 1.165) is 16.6 Å². The molecule has 3 aromatic rings. The molecule has 0 saturated carbocycles. The second-order valence-electron chi connectivity index (χ2n) is 5.85. The Labute approximate surface area is 138 Å². The molecule has 0 aromatic carbocycles. The second kappa shape index (κ2) is 6.35. The fourth-order valence-electron chi connectivity index (χ4n) is 3.15. The molecule has 1 N–H and O–H groups in total. The van der Waals surface area contributed by atoms with E-state index in [1.165, 1.54) is 0 Å². The number of pyridine rings is 2. The lowest BCUT2D eigenvalue weighted by atomic mass is 10.2. The number of halogens is 1. The van der Waals surface area contributed by atoms with Crippen molar-refractivity contribution in [3.8, 4) is 0 Å². The number of nitrogens with one attached hydrogen (secondary N) is 1. The highest BCUT2D eigenvalue weighted by Gasteiger charge is 2.33. The smallest absolute Gasteiger partial charge is 0.151 e. The molecule has 2 atom stereocenters. The molecule has 0 bridgehead atoms.